The molecule has 1 aromatic rings. The maximum absolute atomic E-state index is 9.00. The van der Waals surface area contributed by atoms with Crippen molar-refractivity contribution in [1.82, 2.24) is 4.98 Å². The highest BCUT2D eigenvalue weighted by molar-refractivity contribution is 5.41. The molecule has 2 rings (SSSR count). The third kappa shape index (κ3) is 3.09. The van der Waals surface area contributed by atoms with Gasteiger partial charge < -0.3 is 14.7 Å². The summed E-state index contributed by atoms with van der Waals surface area (Å²) in [6.45, 7) is 2.31. The fraction of sp³-hybridized carbons (Fsp3) is 0.615. The van der Waals surface area contributed by atoms with E-state index in [2.05, 4.69) is 9.88 Å². The Balaban J connectivity index is 2.05. The number of ether oxygens (including phenoxy) is 1. The minimum absolute atomic E-state index is 0.282. The molecule has 1 N–H and O–H groups in total. The molecule has 4 nitrogen and oxygen atoms in total. The monoisotopic (exact) mass is 236 g/mol. The molecule has 0 saturated carbocycles. The number of hydrogen-bond acceptors (Lipinski definition) is 4. The molecule has 0 radical (unpaired) electrons. The van der Waals surface area contributed by atoms with Crippen LogP contribution in [-0.2, 0) is 0 Å². The second-order valence-electron chi connectivity index (χ2n) is 4.50. The van der Waals surface area contributed by atoms with Gasteiger partial charge in [-0.15, -0.1) is 0 Å². The van der Waals surface area contributed by atoms with Gasteiger partial charge in [-0.2, -0.15) is 4.98 Å². The topological polar surface area (TPSA) is 45.6 Å². The maximum atomic E-state index is 9.00. The summed E-state index contributed by atoms with van der Waals surface area (Å²) in [5.41, 5.74) is 0. The van der Waals surface area contributed by atoms with Crippen LogP contribution in [0.5, 0.6) is 5.88 Å². The number of aliphatic hydroxyl groups excluding tert-OH is 1. The summed E-state index contributed by atoms with van der Waals surface area (Å²) in [6.07, 6.45) is 3.27. The van der Waals surface area contributed by atoms with Gasteiger partial charge in [-0.3, -0.25) is 0 Å². The summed E-state index contributed by atoms with van der Waals surface area (Å²) in [5, 5.41) is 9.00. The first-order valence-corrected chi connectivity index (χ1v) is 6.20. The predicted molar refractivity (Wildman–Crippen MR) is 67.4 cm³/mol. The molecule has 4 heteroatoms. The highest BCUT2D eigenvalue weighted by Crippen LogP contribution is 2.24. The molecule has 1 saturated heterocycles. The van der Waals surface area contributed by atoms with Gasteiger partial charge in [0, 0.05) is 25.8 Å². The zero-order chi connectivity index (χ0) is 12.1. The molecule has 0 spiro atoms. The van der Waals surface area contributed by atoms with E-state index in [1.807, 2.05) is 18.2 Å². The van der Waals surface area contributed by atoms with Gasteiger partial charge in [0.2, 0.25) is 5.88 Å². The SMILES string of the molecule is COc1cccc(N2CCCC(CCO)C2)n1. The van der Waals surface area contributed by atoms with Crippen LogP contribution in [0.2, 0.25) is 0 Å². The molecule has 0 aromatic carbocycles. The van der Waals surface area contributed by atoms with E-state index in [9.17, 15) is 0 Å². The Bertz CT molecular complexity index is 355. The van der Waals surface area contributed by atoms with E-state index < -0.39 is 0 Å². The van der Waals surface area contributed by atoms with Crippen LogP contribution in [0.1, 0.15) is 19.3 Å². The number of anilines is 1. The van der Waals surface area contributed by atoms with E-state index in [4.69, 9.17) is 9.84 Å². The molecule has 1 aliphatic heterocycles. The molecule has 2 heterocycles. The van der Waals surface area contributed by atoms with Gasteiger partial charge in [0.1, 0.15) is 5.82 Å². The van der Waals surface area contributed by atoms with Crippen LogP contribution in [0.25, 0.3) is 0 Å². The number of hydrogen-bond donors (Lipinski definition) is 1. The Kier molecular flexibility index (Phi) is 4.20. The summed E-state index contributed by atoms with van der Waals surface area (Å²) in [6, 6.07) is 5.85. The summed E-state index contributed by atoms with van der Waals surface area (Å²) in [5.74, 6) is 2.22. The van der Waals surface area contributed by atoms with Crippen molar-refractivity contribution in [2.24, 2.45) is 5.92 Å². The molecule has 1 fully saturated rings. The lowest BCUT2D eigenvalue weighted by Crippen LogP contribution is -2.36. The number of pyridine rings is 1. The van der Waals surface area contributed by atoms with Crippen molar-refractivity contribution >= 4 is 5.82 Å². The van der Waals surface area contributed by atoms with Gasteiger partial charge in [-0.05, 0) is 31.2 Å². The standard InChI is InChI=1S/C13H20N2O2/c1-17-13-6-2-5-12(14-13)15-8-3-4-11(10-15)7-9-16/h2,5-6,11,16H,3-4,7-10H2,1H3. The van der Waals surface area contributed by atoms with Crippen molar-refractivity contribution in [3.05, 3.63) is 18.2 Å². The van der Waals surface area contributed by atoms with E-state index in [-0.39, 0.29) is 6.61 Å². The van der Waals surface area contributed by atoms with Crippen LogP contribution in [0, 0.1) is 5.92 Å². The summed E-state index contributed by atoms with van der Waals surface area (Å²) in [7, 11) is 1.64. The van der Waals surface area contributed by atoms with E-state index in [1.54, 1.807) is 7.11 Å². The van der Waals surface area contributed by atoms with E-state index >= 15 is 0 Å². The number of piperidine rings is 1. The quantitative estimate of drug-likeness (QED) is 0.864. The lowest BCUT2D eigenvalue weighted by Gasteiger charge is -2.33. The van der Waals surface area contributed by atoms with E-state index in [0.29, 0.717) is 11.8 Å². The Hall–Kier alpha value is -1.29. The average Bonchev–Trinajstić information content (AvgIpc) is 2.40. The molecule has 94 valence electrons. The number of methoxy groups -OCH3 is 1. The second kappa shape index (κ2) is 5.87. The normalized spacial score (nSPS) is 20.4. The third-order valence-electron chi connectivity index (χ3n) is 3.30. The van der Waals surface area contributed by atoms with E-state index in [0.717, 1.165) is 25.3 Å². The minimum atomic E-state index is 0.282. The summed E-state index contributed by atoms with van der Waals surface area (Å²) in [4.78, 5) is 6.73. The molecule has 1 aromatic heterocycles. The van der Waals surface area contributed by atoms with Crippen LogP contribution in [-0.4, -0.2) is 36.9 Å². The average molecular weight is 236 g/mol. The van der Waals surface area contributed by atoms with Gasteiger partial charge in [0.25, 0.3) is 0 Å². The number of rotatable bonds is 4. The number of aromatic nitrogens is 1. The van der Waals surface area contributed by atoms with Gasteiger partial charge >= 0.3 is 0 Å². The number of aliphatic hydroxyl groups is 1. The molecule has 17 heavy (non-hydrogen) atoms. The van der Waals surface area contributed by atoms with E-state index in [1.165, 1.54) is 12.8 Å². The Morgan fingerprint density at radius 3 is 3.18 bits per heavy atom. The fourth-order valence-electron chi connectivity index (χ4n) is 2.39. The summed E-state index contributed by atoms with van der Waals surface area (Å²) < 4.78 is 5.14. The minimum Gasteiger partial charge on any atom is -0.481 e. The zero-order valence-electron chi connectivity index (χ0n) is 10.3. The van der Waals surface area contributed by atoms with Crippen molar-refractivity contribution in [3.63, 3.8) is 0 Å². The second-order valence-corrected chi connectivity index (χ2v) is 4.50. The third-order valence-corrected chi connectivity index (χ3v) is 3.30. The van der Waals surface area contributed by atoms with Crippen LogP contribution in [0.4, 0.5) is 5.82 Å². The highest BCUT2D eigenvalue weighted by Gasteiger charge is 2.20. The molecular weight excluding hydrogens is 216 g/mol. The molecule has 1 unspecified atom stereocenters. The van der Waals surface area contributed by atoms with Crippen LogP contribution < -0.4 is 9.64 Å². The first kappa shape index (κ1) is 12.2. The van der Waals surface area contributed by atoms with Gasteiger partial charge in [0.15, 0.2) is 0 Å². The van der Waals surface area contributed by atoms with Gasteiger partial charge in [-0.1, -0.05) is 6.07 Å². The highest BCUT2D eigenvalue weighted by atomic mass is 16.5. The zero-order valence-corrected chi connectivity index (χ0v) is 10.3. The van der Waals surface area contributed by atoms with Gasteiger partial charge in [0.05, 0.1) is 7.11 Å². The Labute approximate surface area is 102 Å². The summed E-state index contributed by atoms with van der Waals surface area (Å²) >= 11 is 0. The van der Waals surface area contributed by atoms with Crippen LogP contribution in [0.3, 0.4) is 0 Å². The smallest absolute Gasteiger partial charge is 0.214 e. The van der Waals surface area contributed by atoms with Gasteiger partial charge in [-0.25, -0.2) is 0 Å². The molecular formula is C13H20N2O2. The Morgan fingerprint density at radius 1 is 1.53 bits per heavy atom. The van der Waals surface area contributed by atoms with Crippen molar-refractivity contribution in [2.45, 2.75) is 19.3 Å². The predicted octanol–water partition coefficient (Wildman–Crippen LogP) is 1.69. The number of nitrogens with zero attached hydrogens (tertiary/aromatic N) is 2. The molecule has 0 aliphatic carbocycles. The first-order valence-electron chi connectivity index (χ1n) is 6.20. The fourth-order valence-corrected chi connectivity index (χ4v) is 2.39. The molecule has 0 bridgehead atoms. The Morgan fingerprint density at radius 2 is 2.41 bits per heavy atom. The molecule has 0 amide bonds. The van der Waals surface area contributed by atoms with Crippen LogP contribution >= 0.6 is 0 Å². The largest absolute Gasteiger partial charge is 0.481 e. The van der Waals surface area contributed by atoms with Crippen molar-refractivity contribution in [2.75, 3.05) is 31.7 Å². The molecule has 1 atom stereocenters. The lowest BCUT2D eigenvalue weighted by molar-refractivity contribution is 0.244. The van der Waals surface area contributed by atoms with Crippen molar-refractivity contribution in [1.29, 1.82) is 0 Å². The van der Waals surface area contributed by atoms with Crippen molar-refractivity contribution < 1.29 is 9.84 Å². The maximum Gasteiger partial charge on any atom is 0.214 e. The molecule has 1 aliphatic rings. The lowest BCUT2D eigenvalue weighted by atomic mass is 9.95. The first-order chi connectivity index (χ1) is 8.33. The van der Waals surface area contributed by atoms with Crippen molar-refractivity contribution in [3.8, 4) is 5.88 Å². The van der Waals surface area contributed by atoms with Crippen LogP contribution in [0.15, 0.2) is 18.2 Å².